The van der Waals surface area contributed by atoms with Crippen LogP contribution in [0.1, 0.15) is 12.8 Å². The van der Waals surface area contributed by atoms with E-state index in [4.69, 9.17) is 5.11 Å². The van der Waals surface area contributed by atoms with Crippen molar-refractivity contribution in [3.63, 3.8) is 0 Å². The van der Waals surface area contributed by atoms with Gasteiger partial charge in [0.2, 0.25) is 15.9 Å². The molecule has 2 rings (SSSR count). The third kappa shape index (κ3) is 3.28. The molecule has 1 unspecified atom stereocenters. The Morgan fingerprint density at radius 2 is 1.95 bits per heavy atom. The summed E-state index contributed by atoms with van der Waals surface area (Å²) in [5, 5.41) is 8.75. The van der Waals surface area contributed by atoms with Gasteiger partial charge >= 0.3 is 5.97 Å². The van der Waals surface area contributed by atoms with Gasteiger partial charge < -0.3 is 10.0 Å². The summed E-state index contributed by atoms with van der Waals surface area (Å²) in [6.07, 6.45) is 0.970. The van der Waals surface area contributed by atoms with E-state index >= 15 is 0 Å². The van der Waals surface area contributed by atoms with Crippen LogP contribution in [0.25, 0.3) is 0 Å². The highest BCUT2D eigenvalue weighted by Gasteiger charge is 2.40. The largest absolute Gasteiger partial charge is 0.480 e. The summed E-state index contributed by atoms with van der Waals surface area (Å²) in [7, 11) is -2.39. The molecular formula is C14H18N2O5S. The molecule has 7 nitrogen and oxygen atoms in total. The Labute approximate surface area is 129 Å². The Bertz CT molecular complexity index is 659. The molecule has 1 saturated heterocycles. The van der Waals surface area contributed by atoms with Gasteiger partial charge in [-0.3, -0.25) is 9.59 Å². The Balaban J connectivity index is 2.24. The van der Waals surface area contributed by atoms with Crippen LogP contribution in [0.15, 0.2) is 35.2 Å². The van der Waals surface area contributed by atoms with Gasteiger partial charge in [0.15, 0.2) is 0 Å². The first-order valence-corrected chi connectivity index (χ1v) is 8.31. The van der Waals surface area contributed by atoms with Crippen LogP contribution in [0.2, 0.25) is 0 Å². The van der Waals surface area contributed by atoms with E-state index in [0.717, 1.165) is 4.90 Å². The number of nitrogens with zero attached hydrogens (tertiary/aromatic N) is 2. The summed E-state index contributed by atoms with van der Waals surface area (Å²) in [5.74, 6) is -1.62. The van der Waals surface area contributed by atoms with Crippen molar-refractivity contribution in [1.82, 2.24) is 9.21 Å². The summed E-state index contributed by atoms with van der Waals surface area (Å²) < 4.78 is 26.4. The first kappa shape index (κ1) is 16.4. The molecule has 8 heteroatoms. The minimum absolute atomic E-state index is 0.135. The Kier molecular flexibility index (Phi) is 4.82. The molecule has 1 aliphatic heterocycles. The van der Waals surface area contributed by atoms with Gasteiger partial charge in [-0.1, -0.05) is 18.2 Å². The van der Waals surface area contributed by atoms with Crippen molar-refractivity contribution in [1.29, 1.82) is 0 Å². The average molecular weight is 326 g/mol. The lowest BCUT2D eigenvalue weighted by Gasteiger charge is -2.26. The van der Waals surface area contributed by atoms with E-state index in [-0.39, 0.29) is 11.4 Å². The summed E-state index contributed by atoms with van der Waals surface area (Å²) >= 11 is 0. The molecule has 0 spiro atoms. The van der Waals surface area contributed by atoms with E-state index in [1.807, 2.05) is 0 Å². The number of amides is 1. The van der Waals surface area contributed by atoms with Crippen molar-refractivity contribution in [2.45, 2.75) is 23.8 Å². The van der Waals surface area contributed by atoms with Gasteiger partial charge in [0.1, 0.15) is 12.6 Å². The molecule has 0 aliphatic carbocycles. The van der Waals surface area contributed by atoms with Crippen molar-refractivity contribution in [2.24, 2.45) is 0 Å². The van der Waals surface area contributed by atoms with Gasteiger partial charge in [-0.05, 0) is 25.0 Å². The molecule has 1 atom stereocenters. The highest BCUT2D eigenvalue weighted by molar-refractivity contribution is 7.89. The molecular weight excluding hydrogens is 308 g/mol. The zero-order valence-electron chi connectivity index (χ0n) is 12.2. The average Bonchev–Trinajstić information content (AvgIpc) is 2.96. The Morgan fingerprint density at radius 3 is 2.55 bits per heavy atom. The minimum Gasteiger partial charge on any atom is -0.480 e. The third-order valence-corrected chi connectivity index (χ3v) is 5.51. The van der Waals surface area contributed by atoms with Gasteiger partial charge in [0.05, 0.1) is 4.90 Å². The number of likely N-dealkylation sites (N-methyl/N-ethyl adjacent to an activating group) is 1. The molecule has 120 valence electrons. The van der Waals surface area contributed by atoms with Gasteiger partial charge in [0.25, 0.3) is 0 Å². The number of aliphatic carboxylic acids is 1. The Hall–Kier alpha value is -1.93. The van der Waals surface area contributed by atoms with E-state index in [0.29, 0.717) is 12.8 Å². The second-order valence-corrected chi connectivity index (χ2v) is 7.07. The van der Waals surface area contributed by atoms with Gasteiger partial charge in [-0.25, -0.2) is 8.42 Å². The SMILES string of the molecule is CN(CC(=O)O)C(=O)C1CCCN1S(=O)(=O)c1ccccc1. The molecule has 1 heterocycles. The van der Waals surface area contributed by atoms with Crippen LogP contribution in [-0.4, -0.2) is 60.8 Å². The first-order chi connectivity index (χ1) is 10.3. The second kappa shape index (κ2) is 6.45. The zero-order valence-corrected chi connectivity index (χ0v) is 13.0. The topological polar surface area (TPSA) is 95.0 Å². The van der Waals surface area contributed by atoms with Crippen molar-refractivity contribution >= 4 is 21.9 Å². The van der Waals surface area contributed by atoms with Crippen LogP contribution in [0, 0.1) is 0 Å². The molecule has 1 N–H and O–H groups in total. The highest BCUT2D eigenvalue weighted by atomic mass is 32.2. The molecule has 0 radical (unpaired) electrons. The molecule has 1 aliphatic rings. The van der Waals surface area contributed by atoms with Gasteiger partial charge in [-0.2, -0.15) is 4.31 Å². The fraction of sp³-hybridized carbons (Fsp3) is 0.429. The first-order valence-electron chi connectivity index (χ1n) is 6.87. The quantitative estimate of drug-likeness (QED) is 0.844. The van der Waals surface area contributed by atoms with Crippen molar-refractivity contribution in [2.75, 3.05) is 20.1 Å². The fourth-order valence-corrected chi connectivity index (χ4v) is 4.21. The lowest BCUT2D eigenvalue weighted by atomic mass is 10.2. The van der Waals surface area contributed by atoms with Crippen LogP contribution in [0.5, 0.6) is 0 Å². The standard InChI is InChI=1S/C14H18N2O5S/c1-15(10-13(17)18)14(19)12-8-5-9-16(12)22(20,21)11-6-3-2-4-7-11/h2-4,6-7,12H,5,8-10H2,1H3,(H,17,18). The van der Waals surface area contributed by atoms with E-state index in [9.17, 15) is 18.0 Å². The minimum atomic E-state index is -3.76. The number of carbonyl (C=O) groups excluding carboxylic acids is 1. The predicted octanol–water partition coefficient (Wildman–Crippen LogP) is 0.383. The number of benzene rings is 1. The van der Waals surface area contributed by atoms with Crippen molar-refractivity contribution < 1.29 is 23.1 Å². The fourth-order valence-electron chi connectivity index (χ4n) is 2.54. The zero-order chi connectivity index (χ0) is 16.3. The van der Waals surface area contributed by atoms with E-state index in [2.05, 4.69) is 0 Å². The lowest BCUT2D eigenvalue weighted by Crippen LogP contribution is -2.47. The molecule has 1 fully saturated rings. The normalized spacial score (nSPS) is 19.0. The monoisotopic (exact) mass is 326 g/mol. The van der Waals surface area contributed by atoms with Crippen LogP contribution in [0.3, 0.4) is 0 Å². The summed E-state index contributed by atoms with van der Waals surface area (Å²) in [6.45, 7) is -0.191. The van der Waals surface area contributed by atoms with Crippen LogP contribution in [-0.2, 0) is 19.6 Å². The van der Waals surface area contributed by atoms with E-state index in [1.165, 1.54) is 23.5 Å². The maximum Gasteiger partial charge on any atom is 0.323 e. The Morgan fingerprint density at radius 1 is 1.32 bits per heavy atom. The number of carboxylic acid groups (broad SMARTS) is 1. The number of sulfonamides is 1. The smallest absolute Gasteiger partial charge is 0.323 e. The molecule has 0 aromatic heterocycles. The summed E-state index contributed by atoms with van der Waals surface area (Å²) in [5.41, 5.74) is 0. The highest BCUT2D eigenvalue weighted by Crippen LogP contribution is 2.26. The summed E-state index contributed by atoms with van der Waals surface area (Å²) in [6, 6.07) is 7.08. The van der Waals surface area contributed by atoms with E-state index < -0.39 is 34.5 Å². The number of hydrogen-bond acceptors (Lipinski definition) is 4. The second-order valence-electron chi connectivity index (χ2n) is 5.17. The third-order valence-electron chi connectivity index (χ3n) is 3.59. The molecule has 0 bridgehead atoms. The van der Waals surface area contributed by atoms with Crippen molar-refractivity contribution in [3.8, 4) is 0 Å². The number of carbonyl (C=O) groups is 2. The molecule has 0 saturated carbocycles. The van der Waals surface area contributed by atoms with Gasteiger partial charge in [0, 0.05) is 13.6 Å². The number of carboxylic acids is 1. The molecule has 1 amide bonds. The maximum atomic E-state index is 12.6. The molecule has 22 heavy (non-hydrogen) atoms. The van der Waals surface area contributed by atoms with Crippen molar-refractivity contribution in [3.05, 3.63) is 30.3 Å². The van der Waals surface area contributed by atoms with E-state index in [1.54, 1.807) is 18.2 Å². The van der Waals surface area contributed by atoms with Crippen LogP contribution in [0.4, 0.5) is 0 Å². The summed E-state index contributed by atoms with van der Waals surface area (Å²) in [4.78, 5) is 24.2. The molecule has 1 aromatic carbocycles. The maximum absolute atomic E-state index is 12.6. The number of rotatable bonds is 5. The van der Waals surface area contributed by atoms with Crippen LogP contribution < -0.4 is 0 Å². The van der Waals surface area contributed by atoms with Gasteiger partial charge in [-0.15, -0.1) is 0 Å². The lowest BCUT2D eigenvalue weighted by molar-refractivity contribution is -0.144. The number of hydrogen-bond donors (Lipinski definition) is 1. The molecule has 1 aromatic rings. The van der Waals surface area contributed by atoms with Crippen LogP contribution >= 0.6 is 0 Å². The predicted molar refractivity (Wildman–Crippen MR) is 78.6 cm³/mol.